The van der Waals surface area contributed by atoms with Gasteiger partial charge in [0.05, 0.1) is 15.6 Å². The van der Waals surface area contributed by atoms with Gasteiger partial charge in [-0.15, -0.1) is 0 Å². The van der Waals surface area contributed by atoms with Crippen LogP contribution in [0, 0.1) is 6.92 Å². The lowest BCUT2D eigenvalue weighted by Crippen LogP contribution is -2.22. The monoisotopic (exact) mass is 535 g/mol. The molecule has 7 nitrogen and oxygen atoms in total. The number of pyridine rings is 1. The van der Waals surface area contributed by atoms with Crippen LogP contribution in [-0.2, 0) is 16.1 Å². The normalized spacial score (nSPS) is 11.4. The van der Waals surface area contributed by atoms with Crippen LogP contribution in [0.4, 0.5) is 11.5 Å². The Labute approximate surface area is 224 Å². The molecule has 37 heavy (non-hydrogen) atoms. The highest BCUT2D eigenvalue weighted by molar-refractivity contribution is 6.35. The maximum Gasteiger partial charge on any atom is 0.352 e. The van der Waals surface area contributed by atoms with E-state index in [4.69, 9.17) is 38.4 Å². The molecule has 0 bridgehead atoms. The number of halogens is 2. The van der Waals surface area contributed by atoms with Gasteiger partial charge in [-0.2, -0.15) is 0 Å². The first-order valence-electron chi connectivity index (χ1n) is 11.3. The number of nitrogens with zero attached hydrogens (tertiary/aromatic N) is 1. The number of rotatable bonds is 8. The molecular formula is C28H23Cl2N3O4. The summed E-state index contributed by atoms with van der Waals surface area (Å²) in [6.07, 6.45) is 0.157. The molecule has 0 aliphatic heterocycles. The third kappa shape index (κ3) is 6.58. The Bertz CT molecular complexity index is 1430. The van der Waals surface area contributed by atoms with Crippen LogP contribution in [0.3, 0.4) is 0 Å². The fraction of sp³-hybridized carbons (Fsp3) is 0.107. The summed E-state index contributed by atoms with van der Waals surface area (Å²) in [6.45, 7) is 1.87. The van der Waals surface area contributed by atoms with Gasteiger partial charge < -0.3 is 20.5 Å². The van der Waals surface area contributed by atoms with E-state index in [2.05, 4.69) is 10.3 Å². The average molecular weight is 536 g/mol. The molecular weight excluding hydrogens is 513 g/mol. The van der Waals surface area contributed by atoms with Crippen LogP contribution in [0.1, 0.15) is 33.2 Å². The van der Waals surface area contributed by atoms with E-state index < -0.39 is 18.0 Å². The molecule has 0 saturated carbocycles. The maximum absolute atomic E-state index is 13.2. The van der Waals surface area contributed by atoms with Crippen molar-refractivity contribution in [3.8, 4) is 5.75 Å². The van der Waals surface area contributed by atoms with Crippen molar-refractivity contribution < 1.29 is 19.1 Å². The van der Waals surface area contributed by atoms with Gasteiger partial charge in [0.25, 0.3) is 5.91 Å². The van der Waals surface area contributed by atoms with Crippen LogP contribution in [0.5, 0.6) is 5.75 Å². The van der Waals surface area contributed by atoms with E-state index in [1.54, 1.807) is 36.4 Å². The van der Waals surface area contributed by atoms with Gasteiger partial charge in [-0.3, -0.25) is 4.79 Å². The number of hydrogen-bond donors (Lipinski definition) is 2. The summed E-state index contributed by atoms with van der Waals surface area (Å²) in [5.41, 5.74) is 8.74. The van der Waals surface area contributed by atoms with Crippen molar-refractivity contribution in [1.82, 2.24) is 4.98 Å². The molecule has 1 atom stereocenters. The molecule has 0 saturated heterocycles. The second-order valence-corrected chi connectivity index (χ2v) is 8.96. The third-order valence-electron chi connectivity index (χ3n) is 5.41. The number of nitrogens with one attached hydrogen (secondary N) is 1. The van der Waals surface area contributed by atoms with Crippen molar-refractivity contribution in [2.45, 2.75) is 19.6 Å². The molecule has 0 aliphatic rings. The van der Waals surface area contributed by atoms with Crippen molar-refractivity contribution in [2.24, 2.45) is 0 Å². The lowest BCUT2D eigenvalue weighted by molar-refractivity contribution is -0.153. The van der Waals surface area contributed by atoms with Crippen LogP contribution >= 0.6 is 23.2 Å². The van der Waals surface area contributed by atoms with Gasteiger partial charge in [0.1, 0.15) is 6.61 Å². The van der Waals surface area contributed by atoms with Gasteiger partial charge in [-0.1, -0.05) is 77.8 Å². The number of amides is 1. The molecule has 4 rings (SSSR count). The molecule has 0 unspecified atom stereocenters. The van der Waals surface area contributed by atoms with Gasteiger partial charge >= 0.3 is 5.97 Å². The fourth-order valence-corrected chi connectivity index (χ4v) is 3.87. The number of hydrogen-bond acceptors (Lipinski definition) is 6. The Hall–Kier alpha value is -4.07. The molecule has 0 spiro atoms. The highest BCUT2D eigenvalue weighted by Crippen LogP contribution is 2.31. The lowest BCUT2D eigenvalue weighted by Gasteiger charge is -2.20. The zero-order chi connectivity index (χ0) is 26.4. The summed E-state index contributed by atoms with van der Waals surface area (Å²) in [6, 6.07) is 22.6. The van der Waals surface area contributed by atoms with Gasteiger partial charge in [0.15, 0.2) is 11.6 Å². The van der Waals surface area contributed by atoms with Crippen molar-refractivity contribution in [3.05, 3.63) is 117 Å². The Morgan fingerprint density at radius 3 is 2.54 bits per heavy atom. The SMILES string of the molecule is Cc1cccc(C(=O)Nc2cccc([C@@H](Oc3cc(Cl)cnc3N)C(=O)OCc3ccccc3)c2)c1Cl. The second-order valence-electron chi connectivity index (χ2n) is 8.14. The molecule has 0 radical (unpaired) electrons. The molecule has 3 N–H and O–H groups in total. The largest absolute Gasteiger partial charge is 0.470 e. The highest BCUT2D eigenvalue weighted by Gasteiger charge is 2.26. The summed E-state index contributed by atoms with van der Waals surface area (Å²) in [4.78, 5) is 30.1. The summed E-state index contributed by atoms with van der Waals surface area (Å²) in [5.74, 6) is -0.870. The maximum atomic E-state index is 13.2. The van der Waals surface area contributed by atoms with E-state index in [1.807, 2.05) is 43.3 Å². The number of nitrogens with two attached hydrogens (primary N) is 1. The number of carbonyl (C=O) groups excluding carboxylic acids is 2. The standard InChI is InChI=1S/C28H23Cl2N3O4/c1-17-7-5-12-22(24(17)30)27(34)33-21-11-6-10-19(13-21)25(37-23-14-20(29)15-32-26(23)31)28(35)36-16-18-8-3-2-4-9-18/h2-15,25H,16H2,1H3,(H2,31,32)(H,33,34)/t25-/m1/s1. The Kier molecular flexibility index (Phi) is 8.28. The van der Waals surface area contributed by atoms with Crippen LogP contribution in [0.2, 0.25) is 10.0 Å². The molecule has 0 aliphatic carbocycles. The van der Waals surface area contributed by atoms with Crippen molar-refractivity contribution >= 4 is 46.6 Å². The number of carbonyl (C=O) groups is 2. The van der Waals surface area contributed by atoms with Crippen LogP contribution in [0.25, 0.3) is 0 Å². The number of anilines is 2. The van der Waals surface area contributed by atoms with Crippen molar-refractivity contribution in [3.63, 3.8) is 0 Å². The molecule has 1 aromatic heterocycles. The Morgan fingerprint density at radius 2 is 1.76 bits per heavy atom. The number of aromatic nitrogens is 1. The summed E-state index contributed by atoms with van der Waals surface area (Å²) < 4.78 is 11.5. The lowest BCUT2D eigenvalue weighted by atomic mass is 10.1. The minimum absolute atomic E-state index is 0.0467. The molecule has 1 heterocycles. The first-order chi connectivity index (χ1) is 17.8. The summed E-state index contributed by atoms with van der Waals surface area (Å²) >= 11 is 12.4. The second kappa shape index (κ2) is 11.8. The first-order valence-corrected chi connectivity index (χ1v) is 12.0. The predicted octanol–water partition coefficient (Wildman–Crippen LogP) is 6.39. The van der Waals surface area contributed by atoms with Gasteiger partial charge in [0, 0.05) is 23.5 Å². The van der Waals surface area contributed by atoms with Crippen LogP contribution < -0.4 is 15.8 Å². The Balaban J connectivity index is 1.61. The highest BCUT2D eigenvalue weighted by atomic mass is 35.5. The predicted molar refractivity (Wildman–Crippen MR) is 144 cm³/mol. The Morgan fingerprint density at radius 1 is 1.00 bits per heavy atom. The zero-order valence-corrected chi connectivity index (χ0v) is 21.3. The summed E-state index contributed by atoms with van der Waals surface area (Å²) in [7, 11) is 0. The summed E-state index contributed by atoms with van der Waals surface area (Å²) in [5, 5.41) is 3.47. The minimum atomic E-state index is -1.22. The molecule has 3 aromatic carbocycles. The van der Waals surface area contributed by atoms with Crippen LogP contribution in [0.15, 0.2) is 85.1 Å². The molecule has 1 amide bonds. The quantitative estimate of drug-likeness (QED) is 0.253. The van der Waals surface area contributed by atoms with Gasteiger partial charge in [-0.25, -0.2) is 9.78 Å². The number of benzene rings is 3. The molecule has 0 fully saturated rings. The smallest absolute Gasteiger partial charge is 0.352 e. The van der Waals surface area contributed by atoms with E-state index in [-0.39, 0.29) is 23.2 Å². The fourth-order valence-electron chi connectivity index (χ4n) is 3.51. The zero-order valence-electron chi connectivity index (χ0n) is 19.8. The number of ether oxygens (including phenoxy) is 2. The number of esters is 1. The minimum Gasteiger partial charge on any atom is -0.470 e. The molecule has 4 aromatic rings. The van der Waals surface area contributed by atoms with E-state index in [0.29, 0.717) is 21.8 Å². The average Bonchev–Trinajstić information content (AvgIpc) is 2.90. The third-order valence-corrected chi connectivity index (χ3v) is 6.12. The van der Waals surface area contributed by atoms with Crippen molar-refractivity contribution in [1.29, 1.82) is 0 Å². The van der Waals surface area contributed by atoms with Crippen molar-refractivity contribution in [2.75, 3.05) is 11.1 Å². The van der Waals surface area contributed by atoms with Crippen LogP contribution in [-0.4, -0.2) is 16.9 Å². The van der Waals surface area contributed by atoms with E-state index in [1.165, 1.54) is 12.3 Å². The number of nitrogen functional groups attached to an aromatic ring is 1. The van der Waals surface area contributed by atoms with E-state index in [0.717, 1.165) is 11.1 Å². The van der Waals surface area contributed by atoms with Gasteiger partial charge in [-0.05, 0) is 36.2 Å². The van der Waals surface area contributed by atoms with Gasteiger partial charge in [0.2, 0.25) is 6.10 Å². The first kappa shape index (κ1) is 26.0. The van der Waals surface area contributed by atoms with E-state index >= 15 is 0 Å². The van der Waals surface area contributed by atoms with E-state index in [9.17, 15) is 9.59 Å². The number of aryl methyl sites for hydroxylation is 1. The molecule has 188 valence electrons. The molecule has 9 heteroatoms. The topological polar surface area (TPSA) is 104 Å².